The van der Waals surface area contributed by atoms with Crippen molar-refractivity contribution in [3.63, 3.8) is 0 Å². The van der Waals surface area contributed by atoms with Gasteiger partial charge in [0, 0.05) is 25.2 Å². The number of hydrogen-bond donors (Lipinski definition) is 1. The minimum absolute atomic E-state index is 0.0134. The molecule has 2 aromatic rings. The summed E-state index contributed by atoms with van der Waals surface area (Å²) in [5.74, 6) is -2.12. The van der Waals surface area contributed by atoms with Crippen molar-refractivity contribution in [3.05, 3.63) is 70.8 Å². The van der Waals surface area contributed by atoms with E-state index in [4.69, 9.17) is 4.74 Å². The Balaban J connectivity index is 1.77. The maximum absolute atomic E-state index is 12.9. The summed E-state index contributed by atoms with van der Waals surface area (Å²) >= 11 is 0. The fourth-order valence-electron chi connectivity index (χ4n) is 4.97. The number of rotatable bonds is 20. The molecule has 0 bridgehead atoms. The molecule has 2 aromatic carbocycles. The highest BCUT2D eigenvalue weighted by Gasteiger charge is 2.30. The van der Waals surface area contributed by atoms with Gasteiger partial charge in [0.15, 0.2) is 0 Å². The third-order valence-corrected chi connectivity index (χ3v) is 7.55. The zero-order valence-electron chi connectivity index (χ0n) is 26.4. The number of alkyl halides is 3. The fourth-order valence-corrected chi connectivity index (χ4v) is 4.97. The third kappa shape index (κ3) is 14.4. The number of halogens is 3. The Morgan fingerprint density at radius 1 is 0.682 bits per heavy atom. The molecule has 0 atom stereocenters. The number of ether oxygens (including phenoxy) is 1. The molecule has 0 aliphatic heterocycles. The van der Waals surface area contributed by atoms with Crippen LogP contribution in [0.5, 0.6) is 0 Å². The lowest BCUT2D eigenvalue weighted by molar-refractivity contribution is -0.160. The van der Waals surface area contributed by atoms with E-state index in [0.29, 0.717) is 23.2 Å². The van der Waals surface area contributed by atoms with E-state index in [1.165, 1.54) is 87.7 Å². The van der Waals surface area contributed by atoms with E-state index in [1.54, 1.807) is 31.2 Å². The number of nitrogens with zero attached hydrogens (tertiary/aromatic N) is 1. The Morgan fingerprint density at radius 2 is 1.14 bits per heavy atom. The summed E-state index contributed by atoms with van der Waals surface area (Å²) in [5.41, 5.74) is 0.768. The molecule has 0 spiro atoms. The maximum atomic E-state index is 12.9. The summed E-state index contributed by atoms with van der Waals surface area (Å²) in [6.45, 7) is 4.37. The highest BCUT2D eigenvalue weighted by atomic mass is 19.4. The largest absolute Gasteiger partial charge is 0.459 e. The molecule has 244 valence electrons. The summed E-state index contributed by atoms with van der Waals surface area (Å²) in [7, 11) is 0. The molecule has 0 aliphatic carbocycles. The van der Waals surface area contributed by atoms with E-state index < -0.39 is 23.6 Å². The van der Waals surface area contributed by atoms with Crippen LogP contribution in [-0.2, 0) is 33.6 Å². The Kier molecular flexibility index (Phi) is 17.2. The van der Waals surface area contributed by atoms with Crippen LogP contribution in [0.3, 0.4) is 0 Å². The first-order chi connectivity index (χ1) is 21.2. The number of carbonyl (C=O) groups is 3. The first-order valence-corrected chi connectivity index (χ1v) is 16.1. The van der Waals surface area contributed by atoms with Crippen LogP contribution < -0.4 is 5.32 Å². The number of carbonyl (C=O) groups excluding carboxylic acids is 3. The highest BCUT2D eigenvalue weighted by Crippen LogP contribution is 2.29. The first-order valence-electron chi connectivity index (χ1n) is 16.1. The van der Waals surface area contributed by atoms with Crippen LogP contribution in [0, 0.1) is 0 Å². The third-order valence-electron chi connectivity index (χ3n) is 7.55. The minimum Gasteiger partial charge on any atom is -0.459 e. The summed E-state index contributed by atoms with van der Waals surface area (Å²) in [6, 6.07) is 11.1. The van der Waals surface area contributed by atoms with E-state index in [-0.39, 0.29) is 25.6 Å². The average molecular weight is 619 g/mol. The van der Waals surface area contributed by atoms with E-state index in [2.05, 4.69) is 12.2 Å². The molecule has 0 heterocycles. The molecular formula is C35H49F3N2O4. The second-order valence-electron chi connectivity index (χ2n) is 11.3. The summed E-state index contributed by atoms with van der Waals surface area (Å²) in [4.78, 5) is 38.7. The highest BCUT2D eigenvalue weighted by molar-refractivity contribution is 6.32. The second-order valence-corrected chi connectivity index (χ2v) is 11.3. The van der Waals surface area contributed by atoms with Gasteiger partial charge in [0.2, 0.25) is 0 Å². The number of benzene rings is 2. The van der Waals surface area contributed by atoms with Crippen molar-refractivity contribution in [2.45, 2.75) is 117 Å². The van der Waals surface area contributed by atoms with Crippen molar-refractivity contribution in [1.29, 1.82) is 0 Å². The molecule has 0 unspecified atom stereocenters. The smallest absolute Gasteiger partial charge is 0.416 e. The molecule has 9 heteroatoms. The topological polar surface area (TPSA) is 75.7 Å². The van der Waals surface area contributed by atoms with Crippen LogP contribution >= 0.6 is 0 Å². The van der Waals surface area contributed by atoms with Gasteiger partial charge in [-0.1, -0.05) is 108 Å². The Morgan fingerprint density at radius 3 is 1.59 bits per heavy atom. The average Bonchev–Trinajstić information content (AvgIpc) is 3.00. The van der Waals surface area contributed by atoms with Crippen molar-refractivity contribution in [1.82, 2.24) is 10.2 Å². The Hall–Kier alpha value is -3.36. The molecule has 2 amide bonds. The molecule has 0 saturated heterocycles. The van der Waals surface area contributed by atoms with Crippen molar-refractivity contribution in [3.8, 4) is 0 Å². The molecular weight excluding hydrogens is 569 g/mol. The molecule has 0 fully saturated rings. The predicted octanol–water partition coefficient (Wildman–Crippen LogP) is 8.62. The summed E-state index contributed by atoms with van der Waals surface area (Å²) < 4.78 is 43.6. The summed E-state index contributed by atoms with van der Waals surface area (Å²) in [6.07, 6.45) is 12.0. The molecule has 6 nitrogen and oxygen atoms in total. The predicted molar refractivity (Wildman–Crippen MR) is 167 cm³/mol. The maximum Gasteiger partial charge on any atom is 0.416 e. The van der Waals surface area contributed by atoms with Crippen LogP contribution in [0.25, 0.3) is 0 Å². The van der Waals surface area contributed by atoms with Gasteiger partial charge in [-0.3, -0.25) is 9.59 Å². The lowest BCUT2D eigenvalue weighted by Gasteiger charge is -2.22. The van der Waals surface area contributed by atoms with Gasteiger partial charge in [-0.2, -0.15) is 13.2 Å². The monoisotopic (exact) mass is 618 g/mol. The van der Waals surface area contributed by atoms with Gasteiger partial charge in [-0.05, 0) is 48.7 Å². The van der Waals surface area contributed by atoms with Crippen LogP contribution in [0.2, 0.25) is 0 Å². The molecule has 2 rings (SSSR count). The summed E-state index contributed by atoms with van der Waals surface area (Å²) in [5, 5.41) is 2.95. The second kappa shape index (κ2) is 20.6. The van der Waals surface area contributed by atoms with Crippen LogP contribution in [-0.4, -0.2) is 35.8 Å². The normalized spacial score (nSPS) is 11.3. The number of nitrogens with one attached hydrogen (secondary N) is 1. The number of amides is 2. The van der Waals surface area contributed by atoms with Crippen molar-refractivity contribution >= 4 is 17.8 Å². The Labute approximate surface area is 260 Å². The lowest BCUT2D eigenvalue weighted by atomic mass is 10.0. The van der Waals surface area contributed by atoms with E-state index >= 15 is 0 Å². The van der Waals surface area contributed by atoms with E-state index in [9.17, 15) is 27.6 Å². The lowest BCUT2D eigenvalue weighted by Crippen LogP contribution is -2.36. The number of esters is 1. The van der Waals surface area contributed by atoms with Gasteiger partial charge in [0.1, 0.15) is 0 Å². The van der Waals surface area contributed by atoms with Gasteiger partial charge in [0.05, 0.1) is 12.2 Å². The number of unbranched alkanes of at least 4 members (excludes halogenated alkanes) is 12. The van der Waals surface area contributed by atoms with Crippen molar-refractivity contribution in [2.24, 2.45) is 0 Å². The quantitative estimate of drug-likeness (QED) is 0.0916. The minimum atomic E-state index is -4.47. The zero-order valence-corrected chi connectivity index (χ0v) is 26.4. The molecule has 1 N–H and O–H groups in total. The number of hydrogen-bond acceptors (Lipinski definition) is 4. The molecule has 0 radical (unpaired) electrons. The zero-order chi connectivity index (χ0) is 32.2. The van der Waals surface area contributed by atoms with Gasteiger partial charge in [0.25, 0.3) is 5.91 Å². The van der Waals surface area contributed by atoms with Gasteiger partial charge in [-0.15, -0.1) is 0 Å². The fraction of sp³-hybridized carbons (Fsp3) is 0.571. The van der Waals surface area contributed by atoms with Crippen molar-refractivity contribution in [2.75, 3.05) is 13.2 Å². The van der Waals surface area contributed by atoms with Gasteiger partial charge >= 0.3 is 18.1 Å². The molecule has 0 aliphatic rings. The molecule has 44 heavy (non-hydrogen) atoms. The SMILES string of the molecule is CCCCCCCCCCCCCCCNC(=O)c1ccc(CN(Cc2ccc(C(F)(F)F)cc2)C(=O)C(=O)OCC)cc1. The van der Waals surface area contributed by atoms with Crippen LogP contribution in [0.1, 0.15) is 124 Å². The van der Waals surface area contributed by atoms with E-state index in [1.807, 2.05) is 0 Å². The first kappa shape index (κ1) is 36.8. The van der Waals surface area contributed by atoms with Crippen LogP contribution in [0.15, 0.2) is 48.5 Å². The van der Waals surface area contributed by atoms with Crippen molar-refractivity contribution < 1.29 is 32.3 Å². The van der Waals surface area contributed by atoms with Gasteiger partial charge < -0.3 is 15.0 Å². The van der Waals surface area contributed by atoms with E-state index in [0.717, 1.165) is 25.0 Å². The van der Waals surface area contributed by atoms with Gasteiger partial charge in [-0.25, -0.2) is 4.79 Å². The molecule has 0 saturated carbocycles. The molecule has 0 aromatic heterocycles. The standard InChI is InChI=1S/C35H49F3N2O4/c1-3-5-6-7-8-9-10-11-12-13-14-15-16-25-39-32(41)30-21-17-28(18-22-30)26-40(33(42)34(43)44-4-2)27-29-19-23-31(24-20-29)35(36,37)38/h17-24H,3-16,25-27H2,1-2H3,(H,39,41). The Bertz CT molecular complexity index is 1120. The van der Waals surface area contributed by atoms with Crippen LogP contribution in [0.4, 0.5) is 13.2 Å².